The molecule has 3 amide bonds. The van der Waals surface area contributed by atoms with Gasteiger partial charge in [-0.05, 0) is 37.9 Å². The fourth-order valence-electron chi connectivity index (χ4n) is 4.93. The van der Waals surface area contributed by atoms with Gasteiger partial charge in [0.1, 0.15) is 6.10 Å². The third kappa shape index (κ3) is 7.88. The van der Waals surface area contributed by atoms with E-state index < -0.39 is 6.10 Å². The molecule has 35 heavy (non-hydrogen) atoms. The molecule has 0 spiro atoms. The van der Waals surface area contributed by atoms with Crippen LogP contribution >= 0.6 is 0 Å². The van der Waals surface area contributed by atoms with Crippen LogP contribution in [0.25, 0.3) is 0 Å². The van der Waals surface area contributed by atoms with Crippen molar-refractivity contribution >= 4 is 17.6 Å². The summed E-state index contributed by atoms with van der Waals surface area (Å²) in [5, 5.41) is 16.2. The number of aliphatic hydroxyl groups excluding tert-OH is 1. The second kappa shape index (κ2) is 13.2. The molecule has 10 nitrogen and oxygen atoms in total. The van der Waals surface area contributed by atoms with Crippen LogP contribution in [0.2, 0.25) is 0 Å². The molecular formula is C25H38N4O6. The van der Waals surface area contributed by atoms with Gasteiger partial charge in [-0.3, -0.25) is 9.69 Å². The number of anilines is 1. The van der Waals surface area contributed by atoms with Gasteiger partial charge < -0.3 is 34.9 Å². The van der Waals surface area contributed by atoms with E-state index in [1.54, 1.807) is 4.90 Å². The van der Waals surface area contributed by atoms with E-state index in [9.17, 15) is 14.7 Å². The van der Waals surface area contributed by atoms with Gasteiger partial charge in [0.25, 0.3) is 0 Å². The first-order valence-electron chi connectivity index (χ1n) is 12.7. The number of hydrogen-bond acceptors (Lipinski definition) is 7. The molecule has 3 N–H and O–H groups in total. The maximum absolute atomic E-state index is 13.1. The molecule has 4 rings (SSSR count). The molecule has 194 valence electrons. The van der Waals surface area contributed by atoms with Crippen LogP contribution in [0.3, 0.4) is 0 Å². The fraction of sp³-hybridized carbons (Fsp3) is 0.680. The molecule has 1 aromatic rings. The molecule has 0 saturated carbocycles. The number of nitrogens with zero attached hydrogens (tertiary/aromatic N) is 2. The number of benzene rings is 1. The predicted octanol–water partition coefficient (Wildman–Crippen LogP) is 1.06. The second-order valence-electron chi connectivity index (χ2n) is 9.44. The highest BCUT2D eigenvalue weighted by Gasteiger charge is 2.40. The number of morpholine rings is 1. The highest BCUT2D eigenvalue weighted by atomic mass is 16.5. The molecule has 0 radical (unpaired) electrons. The first-order chi connectivity index (χ1) is 17.1. The molecule has 3 aliphatic heterocycles. The SMILES string of the molecule is O=C(C[C@@H]1CC[C@@H]2[C@H](COC[C@H](O)CN2C(=O)Nc2ccccc2)O1)NCCCN1CCOCC1. The minimum Gasteiger partial charge on any atom is -0.389 e. The van der Waals surface area contributed by atoms with Gasteiger partial charge in [0.2, 0.25) is 5.91 Å². The smallest absolute Gasteiger partial charge is 0.322 e. The zero-order chi connectivity index (χ0) is 24.5. The van der Waals surface area contributed by atoms with E-state index in [1.807, 2.05) is 30.3 Å². The van der Waals surface area contributed by atoms with E-state index in [2.05, 4.69) is 15.5 Å². The molecule has 3 aliphatic rings. The minimum absolute atomic E-state index is 0.0173. The number of rotatable bonds is 7. The van der Waals surface area contributed by atoms with Crippen LogP contribution in [0.5, 0.6) is 0 Å². The molecule has 3 saturated heterocycles. The van der Waals surface area contributed by atoms with E-state index >= 15 is 0 Å². The number of para-hydroxylation sites is 1. The van der Waals surface area contributed by atoms with Crippen molar-refractivity contribution in [3.05, 3.63) is 30.3 Å². The molecule has 10 heteroatoms. The summed E-state index contributed by atoms with van der Waals surface area (Å²) in [5.74, 6) is -0.0173. The lowest BCUT2D eigenvalue weighted by atomic mass is 9.95. The summed E-state index contributed by atoms with van der Waals surface area (Å²) in [7, 11) is 0. The Balaban J connectivity index is 1.25. The van der Waals surface area contributed by atoms with Gasteiger partial charge in [0, 0.05) is 25.3 Å². The first kappa shape index (κ1) is 25.8. The van der Waals surface area contributed by atoms with E-state index in [0.717, 1.165) is 39.3 Å². The lowest BCUT2D eigenvalue weighted by Gasteiger charge is -2.44. The zero-order valence-electron chi connectivity index (χ0n) is 20.3. The number of nitrogens with one attached hydrogen (secondary N) is 2. The van der Waals surface area contributed by atoms with Crippen LogP contribution in [0.4, 0.5) is 10.5 Å². The maximum Gasteiger partial charge on any atom is 0.322 e. The summed E-state index contributed by atoms with van der Waals surface area (Å²) >= 11 is 0. The van der Waals surface area contributed by atoms with Crippen molar-refractivity contribution in [1.82, 2.24) is 15.1 Å². The zero-order valence-corrected chi connectivity index (χ0v) is 20.3. The molecular weight excluding hydrogens is 452 g/mol. The van der Waals surface area contributed by atoms with E-state index in [-0.39, 0.29) is 49.9 Å². The summed E-state index contributed by atoms with van der Waals surface area (Å²) in [6.07, 6.45) is 1.20. The number of urea groups is 1. The van der Waals surface area contributed by atoms with E-state index in [0.29, 0.717) is 31.5 Å². The van der Waals surface area contributed by atoms with Crippen molar-refractivity contribution in [1.29, 1.82) is 0 Å². The predicted molar refractivity (Wildman–Crippen MR) is 130 cm³/mol. The third-order valence-electron chi connectivity index (χ3n) is 6.76. The van der Waals surface area contributed by atoms with E-state index in [1.165, 1.54) is 0 Å². The lowest BCUT2D eigenvalue weighted by molar-refractivity contribution is -0.149. The molecule has 4 atom stereocenters. The Morgan fingerprint density at radius 3 is 2.66 bits per heavy atom. The lowest BCUT2D eigenvalue weighted by Crippen LogP contribution is -2.58. The van der Waals surface area contributed by atoms with Crippen LogP contribution in [-0.2, 0) is 19.0 Å². The number of aliphatic hydroxyl groups is 1. The Morgan fingerprint density at radius 1 is 1.06 bits per heavy atom. The number of β-amino-alcohol motifs (C(OH)–C–C–N with tert-alkyl or cyclic N) is 1. The van der Waals surface area contributed by atoms with Gasteiger partial charge in [0.15, 0.2) is 0 Å². The van der Waals surface area contributed by atoms with Gasteiger partial charge >= 0.3 is 6.03 Å². The Morgan fingerprint density at radius 2 is 1.86 bits per heavy atom. The largest absolute Gasteiger partial charge is 0.389 e. The summed E-state index contributed by atoms with van der Waals surface area (Å²) in [6, 6.07) is 8.75. The van der Waals surface area contributed by atoms with Crippen molar-refractivity contribution in [2.24, 2.45) is 0 Å². The number of carbonyl (C=O) groups is 2. The van der Waals surface area contributed by atoms with Crippen molar-refractivity contribution in [3.63, 3.8) is 0 Å². The molecule has 0 aromatic heterocycles. The number of carbonyl (C=O) groups excluding carboxylic acids is 2. The monoisotopic (exact) mass is 490 g/mol. The molecule has 3 heterocycles. The molecule has 3 fully saturated rings. The van der Waals surface area contributed by atoms with Gasteiger partial charge in [-0.25, -0.2) is 4.79 Å². The molecule has 0 unspecified atom stereocenters. The average Bonchev–Trinajstić information content (AvgIpc) is 2.86. The van der Waals surface area contributed by atoms with Crippen LogP contribution < -0.4 is 10.6 Å². The second-order valence-corrected chi connectivity index (χ2v) is 9.44. The maximum atomic E-state index is 13.1. The van der Waals surface area contributed by atoms with Crippen LogP contribution in [-0.4, -0.2) is 110 Å². The van der Waals surface area contributed by atoms with Gasteiger partial charge in [-0.15, -0.1) is 0 Å². The normalized spacial score (nSPS) is 27.9. The molecule has 0 bridgehead atoms. The Kier molecular flexibility index (Phi) is 9.73. The number of amides is 3. The third-order valence-corrected chi connectivity index (χ3v) is 6.76. The fourth-order valence-corrected chi connectivity index (χ4v) is 4.93. The Hall–Kier alpha value is -2.24. The topological polar surface area (TPSA) is 113 Å². The van der Waals surface area contributed by atoms with Crippen molar-refractivity contribution < 1.29 is 28.9 Å². The summed E-state index contributed by atoms with van der Waals surface area (Å²) in [6.45, 7) is 5.63. The van der Waals surface area contributed by atoms with Gasteiger partial charge in [0.05, 0.1) is 57.6 Å². The van der Waals surface area contributed by atoms with Crippen LogP contribution in [0, 0.1) is 0 Å². The number of fused-ring (bicyclic) bond motifs is 1. The van der Waals surface area contributed by atoms with Gasteiger partial charge in [-0.1, -0.05) is 18.2 Å². The average molecular weight is 491 g/mol. The Bertz CT molecular complexity index is 806. The summed E-state index contributed by atoms with van der Waals surface area (Å²) in [5.41, 5.74) is 0.696. The van der Waals surface area contributed by atoms with Crippen LogP contribution in [0.1, 0.15) is 25.7 Å². The number of ether oxygens (including phenoxy) is 3. The highest BCUT2D eigenvalue weighted by Crippen LogP contribution is 2.28. The summed E-state index contributed by atoms with van der Waals surface area (Å²) in [4.78, 5) is 29.6. The minimum atomic E-state index is -0.765. The van der Waals surface area contributed by atoms with E-state index in [4.69, 9.17) is 14.2 Å². The first-order valence-corrected chi connectivity index (χ1v) is 12.7. The van der Waals surface area contributed by atoms with Gasteiger partial charge in [-0.2, -0.15) is 0 Å². The number of hydrogen-bond donors (Lipinski definition) is 3. The quantitative estimate of drug-likeness (QED) is 0.490. The van der Waals surface area contributed by atoms with Crippen LogP contribution in [0.15, 0.2) is 30.3 Å². The molecule has 1 aromatic carbocycles. The molecule has 0 aliphatic carbocycles. The summed E-state index contributed by atoms with van der Waals surface area (Å²) < 4.78 is 17.3. The highest BCUT2D eigenvalue weighted by molar-refractivity contribution is 5.89. The van der Waals surface area contributed by atoms with Crippen molar-refractivity contribution in [2.45, 2.75) is 50.0 Å². The standard InChI is InChI=1S/C25H38N4O6/c30-20-16-29(25(32)27-19-5-2-1-3-6-19)22-8-7-21(35-23(22)18-34-17-20)15-24(31)26-9-4-10-28-11-13-33-14-12-28/h1-3,5-6,20-23,30H,4,7-18H2,(H,26,31)(H,27,32)/t20-,21+,22-,23+/m1/s1. The van der Waals surface area contributed by atoms with Crippen molar-refractivity contribution in [2.75, 3.05) is 64.5 Å². The van der Waals surface area contributed by atoms with Crippen molar-refractivity contribution in [3.8, 4) is 0 Å². The Labute approximate surface area is 206 Å².